The largest absolute Gasteiger partial charge is 0.380 e. The molecule has 0 aromatic heterocycles. The van der Waals surface area contributed by atoms with E-state index in [-0.39, 0.29) is 10.7 Å². The van der Waals surface area contributed by atoms with Crippen molar-refractivity contribution in [1.29, 1.82) is 0 Å². The number of ether oxygens (including phenoxy) is 1. The number of carbonyl (C=O) groups is 1. The Morgan fingerprint density at radius 3 is 2.92 bits per heavy atom. The summed E-state index contributed by atoms with van der Waals surface area (Å²) < 4.78 is 5.25. The van der Waals surface area contributed by atoms with Crippen LogP contribution in [0.1, 0.15) is 13.3 Å². The lowest BCUT2D eigenvalue weighted by atomic mass is 10.3. The van der Waals surface area contributed by atoms with Gasteiger partial charge in [0.05, 0.1) is 11.4 Å². The van der Waals surface area contributed by atoms with E-state index in [1.54, 1.807) is 0 Å². The molecule has 1 unspecified atom stereocenters. The Kier molecular flexibility index (Phi) is 4.01. The number of amides is 1. The number of nitrogens with zero attached hydrogens (tertiary/aromatic N) is 1. The quantitative estimate of drug-likeness (QED) is 0.636. The van der Waals surface area contributed by atoms with Crippen LogP contribution in [0.4, 0.5) is 0 Å². The molecule has 1 saturated heterocycles. The smallest absolute Gasteiger partial charge is 0.236 e. The molecule has 0 spiro atoms. The molecule has 70 valence electrons. The van der Waals surface area contributed by atoms with E-state index in [2.05, 4.69) is 15.9 Å². The van der Waals surface area contributed by atoms with Gasteiger partial charge in [0.15, 0.2) is 0 Å². The monoisotopic (exact) mass is 235 g/mol. The highest BCUT2D eigenvalue weighted by atomic mass is 79.9. The zero-order valence-corrected chi connectivity index (χ0v) is 8.84. The summed E-state index contributed by atoms with van der Waals surface area (Å²) >= 11 is 3.27. The molecule has 0 N–H and O–H groups in total. The molecular formula is C8H14BrNO2. The van der Waals surface area contributed by atoms with Gasteiger partial charge < -0.3 is 9.64 Å². The Morgan fingerprint density at radius 2 is 2.25 bits per heavy atom. The molecule has 0 aromatic carbocycles. The highest BCUT2D eigenvalue weighted by Crippen LogP contribution is 2.06. The van der Waals surface area contributed by atoms with Crippen LogP contribution in [-0.4, -0.2) is 41.9 Å². The fraction of sp³-hybridized carbons (Fsp3) is 0.875. The maximum atomic E-state index is 11.5. The van der Waals surface area contributed by atoms with E-state index >= 15 is 0 Å². The van der Waals surface area contributed by atoms with Crippen molar-refractivity contribution >= 4 is 21.8 Å². The van der Waals surface area contributed by atoms with E-state index in [1.807, 2.05) is 11.8 Å². The Balaban J connectivity index is 2.43. The van der Waals surface area contributed by atoms with Crippen molar-refractivity contribution < 1.29 is 9.53 Å². The number of carbonyl (C=O) groups excluding carboxylic acids is 1. The fourth-order valence-electron chi connectivity index (χ4n) is 1.22. The fourth-order valence-corrected chi connectivity index (χ4v) is 1.51. The first kappa shape index (κ1) is 9.99. The second-order valence-corrected chi connectivity index (χ2v) is 4.28. The van der Waals surface area contributed by atoms with E-state index < -0.39 is 0 Å². The third kappa shape index (κ3) is 2.75. The van der Waals surface area contributed by atoms with E-state index in [1.165, 1.54) is 0 Å². The Hall–Kier alpha value is -0.0900. The van der Waals surface area contributed by atoms with Crippen molar-refractivity contribution in [2.24, 2.45) is 0 Å². The Bertz CT molecular complexity index is 153. The second-order valence-electron chi connectivity index (χ2n) is 2.91. The number of hydrogen-bond donors (Lipinski definition) is 0. The standard InChI is InChI=1S/C8H14BrNO2/c1-7(9)8(11)10-3-2-5-12-6-4-10/h7H,2-6H2,1H3. The molecule has 3 nitrogen and oxygen atoms in total. The normalized spacial score (nSPS) is 21.7. The van der Waals surface area contributed by atoms with Crippen molar-refractivity contribution in [1.82, 2.24) is 4.90 Å². The van der Waals surface area contributed by atoms with Crippen molar-refractivity contribution in [2.45, 2.75) is 18.2 Å². The molecule has 0 saturated carbocycles. The third-order valence-electron chi connectivity index (χ3n) is 1.87. The van der Waals surface area contributed by atoms with E-state index in [4.69, 9.17) is 4.74 Å². The zero-order chi connectivity index (χ0) is 8.97. The molecule has 1 fully saturated rings. The number of halogens is 1. The highest BCUT2D eigenvalue weighted by molar-refractivity contribution is 9.10. The average Bonchev–Trinajstić information content (AvgIpc) is 2.30. The van der Waals surface area contributed by atoms with Crippen LogP contribution >= 0.6 is 15.9 Å². The lowest BCUT2D eigenvalue weighted by Crippen LogP contribution is -2.37. The predicted octanol–water partition coefficient (Wildman–Crippen LogP) is 1.02. The lowest BCUT2D eigenvalue weighted by molar-refractivity contribution is -0.130. The number of alkyl halides is 1. The molecule has 0 aromatic rings. The summed E-state index contributed by atoms with van der Waals surface area (Å²) in [5, 5.41) is 0. The molecule has 1 heterocycles. The molecule has 1 amide bonds. The summed E-state index contributed by atoms with van der Waals surface area (Å²) in [5.41, 5.74) is 0. The SMILES string of the molecule is CC(Br)C(=O)N1CCCOCC1. The van der Waals surface area contributed by atoms with Gasteiger partial charge in [0, 0.05) is 19.7 Å². The molecule has 12 heavy (non-hydrogen) atoms. The summed E-state index contributed by atoms with van der Waals surface area (Å²) in [6.07, 6.45) is 0.950. The predicted molar refractivity (Wildman–Crippen MR) is 50.4 cm³/mol. The molecule has 1 rings (SSSR count). The van der Waals surface area contributed by atoms with Gasteiger partial charge in [0.25, 0.3) is 0 Å². The molecular weight excluding hydrogens is 222 g/mol. The van der Waals surface area contributed by atoms with Crippen LogP contribution in [0.25, 0.3) is 0 Å². The Labute approximate surface area is 81.2 Å². The molecule has 0 aliphatic carbocycles. The van der Waals surface area contributed by atoms with Gasteiger partial charge in [-0.15, -0.1) is 0 Å². The molecule has 0 radical (unpaired) electrons. The van der Waals surface area contributed by atoms with Crippen LogP contribution in [-0.2, 0) is 9.53 Å². The summed E-state index contributed by atoms with van der Waals surface area (Å²) in [6, 6.07) is 0. The van der Waals surface area contributed by atoms with Crippen LogP contribution < -0.4 is 0 Å². The molecule has 4 heteroatoms. The van der Waals surface area contributed by atoms with Crippen LogP contribution in [0, 0.1) is 0 Å². The van der Waals surface area contributed by atoms with Gasteiger partial charge in [-0.25, -0.2) is 0 Å². The average molecular weight is 236 g/mol. The Morgan fingerprint density at radius 1 is 1.50 bits per heavy atom. The van der Waals surface area contributed by atoms with Crippen LogP contribution in [0.15, 0.2) is 0 Å². The molecule has 1 aliphatic rings. The van der Waals surface area contributed by atoms with E-state index in [9.17, 15) is 4.79 Å². The van der Waals surface area contributed by atoms with E-state index in [0.717, 1.165) is 26.1 Å². The zero-order valence-electron chi connectivity index (χ0n) is 7.25. The number of rotatable bonds is 1. The minimum atomic E-state index is -0.0735. The minimum absolute atomic E-state index is 0.0735. The topological polar surface area (TPSA) is 29.5 Å². The van der Waals surface area contributed by atoms with Gasteiger partial charge in [-0.05, 0) is 13.3 Å². The first-order valence-electron chi connectivity index (χ1n) is 4.22. The first-order chi connectivity index (χ1) is 5.72. The summed E-state index contributed by atoms with van der Waals surface area (Å²) in [5.74, 6) is 0.167. The lowest BCUT2D eigenvalue weighted by Gasteiger charge is -2.20. The van der Waals surface area contributed by atoms with E-state index in [0.29, 0.717) is 6.61 Å². The molecule has 1 atom stereocenters. The number of hydrogen-bond acceptors (Lipinski definition) is 2. The maximum absolute atomic E-state index is 11.5. The van der Waals surface area contributed by atoms with Crippen LogP contribution in [0.2, 0.25) is 0 Å². The van der Waals surface area contributed by atoms with Crippen molar-refractivity contribution in [3.05, 3.63) is 0 Å². The van der Waals surface area contributed by atoms with Gasteiger partial charge >= 0.3 is 0 Å². The van der Waals surface area contributed by atoms with Crippen molar-refractivity contribution in [2.75, 3.05) is 26.3 Å². The first-order valence-corrected chi connectivity index (χ1v) is 5.14. The maximum Gasteiger partial charge on any atom is 0.236 e. The molecule has 1 aliphatic heterocycles. The summed E-state index contributed by atoms with van der Waals surface area (Å²) in [7, 11) is 0. The highest BCUT2D eigenvalue weighted by Gasteiger charge is 2.18. The van der Waals surface area contributed by atoms with Gasteiger partial charge in [-0.1, -0.05) is 15.9 Å². The van der Waals surface area contributed by atoms with Gasteiger partial charge in [-0.3, -0.25) is 4.79 Å². The molecule has 0 bridgehead atoms. The van der Waals surface area contributed by atoms with Crippen molar-refractivity contribution in [3.63, 3.8) is 0 Å². The summed E-state index contributed by atoms with van der Waals surface area (Å²) in [6.45, 7) is 4.86. The third-order valence-corrected chi connectivity index (χ3v) is 2.27. The van der Waals surface area contributed by atoms with Gasteiger partial charge in [0.1, 0.15) is 0 Å². The van der Waals surface area contributed by atoms with Crippen LogP contribution in [0.3, 0.4) is 0 Å². The van der Waals surface area contributed by atoms with Crippen molar-refractivity contribution in [3.8, 4) is 0 Å². The van der Waals surface area contributed by atoms with Gasteiger partial charge in [-0.2, -0.15) is 0 Å². The summed E-state index contributed by atoms with van der Waals surface area (Å²) in [4.78, 5) is 13.3. The van der Waals surface area contributed by atoms with Crippen LogP contribution in [0.5, 0.6) is 0 Å². The second kappa shape index (κ2) is 4.82. The van der Waals surface area contributed by atoms with Gasteiger partial charge in [0.2, 0.25) is 5.91 Å². The minimum Gasteiger partial charge on any atom is -0.380 e.